The Hall–Kier alpha value is -2.57. The maximum absolute atomic E-state index is 12.6. The van der Waals surface area contributed by atoms with Crippen LogP contribution >= 0.6 is 0 Å². The maximum atomic E-state index is 12.6. The van der Waals surface area contributed by atoms with Crippen LogP contribution in [0.15, 0.2) is 18.2 Å². The molecule has 7 heteroatoms. The lowest BCUT2D eigenvalue weighted by molar-refractivity contribution is -0.141. The zero-order valence-electron chi connectivity index (χ0n) is 13.9. The molecule has 0 radical (unpaired) electrons. The maximum Gasteiger partial charge on any atom is 0.239 e. The molecule has 1 atom stereocenters. The third-order valence-electron chi connectivity index (χ3n) is 4.45. The number of nitrogens with zero attached hydrogens (tertiary/aromatic N) is 2. The van der Waals surface area contributed by atoms with Gasteiger partial charge in [-0.3, -0.25) is 14.4 Å². The summed E-state index contributed by atoms with van der Waals surface area (Å²) in [5.74, 6) is -0.199. The van der Waals surface area contributed by atoms with Crippen molar-refractivity contribution in [3.63, 3.8) is 0 Å². The van der Waals surface area contributed by atoms with Gasteiger partial charge in [-0.15, -0.1) is 0 Å². The molecule has 3 rings (SSSR count). The first-order valence-electron chi connectivity index (χ1n) is 8.00. The Kier molecular flexibility index (Phi) is 4.42. The largest absolute Gasteiger partial charge is 0.495 e. The number of nitrogens with one attached hydrogen (secondary N) is 1. The molecule has 2 fully saturated rings. The van der Waals surface area contributed by atoms with Gasteiger partial charge in [-0.1, -0.05) is 6.07 Å². The van der Waals surface area contributed by atoms with Gasteiger partial charge < -0.3 is 19.9 Å². The van der Waals surface area contributed by atoms with E-state index in [9.17, 15) is 14.4 Å². The van der Waals surface area contributed by atoms with E-state index in [0.29, 0.717) is 31.1 Å². The van der Waals surface area contributed by atoms with Crippen molar-refractivity contribution < 1.29 is 19.1 Å². The van der Waals surface area contributed by atoms with Crippen LogP contribution < -0.4 is 15.0 Å². The number of rotatable bonds is 3. The number of hydrogen-bond acceptors (Lipinski definition) is 4. The Morgan fingerprint density at radius 2 is 2.12 bits per heavy atom. The molecule has 0 bridgehead atoms. The molecule has 128 valence electrons. The molecule has 2 aliphatic heterocycles. The van der Waals surface area contributed by atoms with Crippen molar-refractivity contribution in [2.75, 3.05) is 38.2 Å². The molecule has 1 aromatic carbocycles. The van der Waals surface area contributed by atoms with E-state index in [-0.39, 0.29) is 30.7 Å². The molecule has 24 heavy (non-hydrogen) atoms. The average Bonchev–Trinajstić information content (AvgIpc) is 2.95. The van der Waals surface area contributed by atoms with E-state index in [4.69, 9.17) is 4.74 Å². The molecular formula is C17H21N3O4. The Balaban J connectivity index is 1.77. The number of piperazine rings is 1. The zero-order chi connectivity index (χ0) is 17.3. The lowest BCUT2D eigenvalue weighted by Crippen LogP contribution is -2.51. The zero-order valence-corrected chi connectivity index (χ0v) is 13.9. The van der Waals surface area contributed by atoms with E-state index in [1.54, 1.807) is 12.0 Å². The fourth-order valence-corrected chi connectivity index (χ4v) is 3.20. The molecule has 0 aromatic heterocycles. The molecule has 0 saturated carbocycles. The van der Waals surface area contributed by atoms with Crippen molar-refractivity contribution >= 4 is 23.4 Å². The van der Waals surface area contributed by atoms with Crippen LogP contribution in [0.4, 0.5) is 5.69 Å². The second kappa shape index (κ2) is 6.51. The fourth-order valence-electron chi connectivity index (χ4n) is 3.20. The monoisotopic (exact) mass is 331 g/mol. The summed E-state index contributed by atoms with van der Waals surface area (Å²) in [6.45, 7) is 3.27. The molecule has 0 aliphatic carbocycles. The summed E-state index contributed by atoms with van der Waals surface area (Å²) in [6, 6.07) is 5.62. The van der Waals surface area contributed by atoms with Gasteiger partial charge in [0.1, 0.15) is 5.75 Å². The summed E-state index contributed by atoms with van der Waals surface area (Å²) in [5.41, 5.74) is 1.70. The van der Waals surface area contributed by atoms with Gasteiger partial charge in [0, 0.05) is 26.1 Å². The molecule has 0 spiro atoms. The lowest BCUT2D eigenvalue weighted by atomic mass is 10.1. The number of carbonyl (C=O) groups is 3. The van der Waals surface area contributed by atoms with Crippen molar-refractivity contribution in [1.29, 1.82) is 0 Å². The van der Waals surface area contributed by atoms with Gasteiger partial charge in [-0.05, 0) is 24.6 Å². The topological polar surface area (TPSA) is 79.0 Å². The first-order valence-corrected chi connectivity index (χ1v) is 8.00. The highest BCUT2D eigenvalue weighted by Gasteiger charge is 2.39. The number of methoxy groups -OCH3 is 1. The predicted molar refractivity (Wildman–Crippen MR) is 87.8 cm³/mol. The summed E-state index contributed by atoms with van der Waals surface area (Å²) in [6.07, 6.45) is 0.161. The Bertz CT molecular complexity index is 688. The molecule has 2 saturated heterocycles. The first-order chi connectivity index (χ1) is 11.5. The normalized spacial score (nSPS) is 21.0. The van der Waals surface area contributed by atoms with Gasteiger partial charge in [-0.2, -0.15) is 0 Å². The molecule has 2 aliphatic rings. The number of ether oxygens (including phenoxy) is 1. The number of hydrogen-bond donors (Lipinski definition) is 1. The van der Waals surface area contributed by atoms with Gasteiger partial charge in [0.15, 0.2) is 0 Å². The van der Waals surface area contributed by atoms with E-state index in [1.807, 2.05) is 25.1 Å². The molecular weight excluding hydrogens is 310 g/mol. The van der Waals surface area contributed by atoms with Crippen LogP contribution in [0.1, 0.15) is 12.0 Å². The Labute approximate surface area is 140 Å². The SMILES string of the molecule is COc1ccc(C)cc1N1CC(C(=O)N2CCNC(=O)C2)CC1=O. The van der Waals surface area contributed by atoms with Gasteiger partial charge in [0.25, 0.3) is 0 Å². The second-order valence-electron chi connectivity index (χ2n) is 6.19. The van der Waals surface area contributed by atoms with Gasteiger partial charge in [0.2, 0.25) is 17.7 Å². The highest BCUT2D eigenvalue weighted by molar-refractivity contribution is 6.01. The second-order valence-corrected chi connectivity index (χ2v) is 6.19. The van der Waals surface area contributed by atoms with Crippen LogP contribution in [0.2, 0.25) is 0 Å². The van der Waals surface area contributed by atoms with Crippen molar-refractivity contribution in [1.82, 2.24) is 10.2 Å². The Morgan fingerprint density at radius 1 is 1.33 bits per heavy atom. The summed E-state index contributed by atoms with van der Waals surface area (Å²) in [4.78, 5) is 39.7. The lowest BCUT2D eigenvalue weighted by Gasteiger charge is -2.28. The number of amides is 3. The van der Waals surface area contributed by atoms with Crippen LogP contribution in [0.5, 0.6) is 5.75 Å². The molecule has 1 aromatic rings. The van der Waals surface area contributed by atoms with Crippen molar-refractivity contribution in [3.05, 3.63) is 23.8 Å². The van der Waals surface area contributed by atoms with Gasteiger partial charge in [-0.25, -0.2) is 0 Å². The highest BCUT2D eigenvalue weighted by atomic mass is 16.5. The van der Waals surface area contributed by atoms with Crippen LogP contribution in [0.3, 0.4) is 0 Å². The smallest absolute Gasteiger partial charge is 0.239 e. The van der Waals surface area contributed by atoms with Crippen LogP contribution in [0, 0.1) is 12.8 Å². The molecule has 1 N–H and O–H groups in total. The van der Waals surface area contributed by atoms with Gasteiger partial charge >= 0.3 is 0 Å². The van der Waals surface area contributed by atoms with E-state index in [2.05, 4.69) is 5.32 Å². The fraction of sp³-hybridized carbons (Fsp3) is 0.471. The average molecular weight is 331 g/mol. The summed E-state index contributed by atoms with van der Waals surface area (Å²) in [7, 11) is 1.56. The first kappa shape index (κ1) is 16.3. The number of aryl methyl sites for hydroxylation is 1. The number of carbonyl (C=O) groups excluding carboxylic acids is 3. The minimum Gasteiger partial charge on any atom is -0.495 e. The van der Waals surface area contributed by atoms with E-state index in [0.717, 1.165) is 5.56 Å². The molecule has 3 amide bonds. The van der Waals surface area contributed by atoms with Crippen LogP contribution in [-0.4, -0.2) is 55.9 Å². The Morgan fingerprint density at radius 3 is 2.83 bits per heavy atom. The minimum atomic E-state index is -0.423. The van der Waals surface area contributed by atoms with Crippen LogP contribution in [-0.2, 0) is 14.4 Å². The summed E-state index contributed by atoms with van der Waals surface area (Å²) in [5, 5.41) is 2.70. The van der Waals surface area contributed by atoms with Crippen LogP contribution in [0.25, 0.3) is 0 Å². The number of anilines is 1. The third-order valence-corrected chi connectivity index (χ3v) is 4.45. The highest BCUT2D eigenvalue weighted by Crippen LogP contribution is 2.34. The van der Waals surface area contributed by atoms with E-state index >= 15 is 0 Å². The standard InChI is InChI=1S/C17H21N3O4/c1-11-3-4-14(24-2)13(7-11)20-9-12(8-16(20)22)17(23)19-6-5-18-15(21)10-19/h3-4,7,12H,5-6,8-10H2,1-2H3,(H,18,21). The van der Waals surface area contributed by atoms with Gasteiger partial charge in [0.05, 0.1) is 25.3 Å². The van der Waals surface area contributed by atoms with Crippen molar-refractivity contribution in [3.8, 4) is 5.75 Å². The minimum absolute atomic E-state index is 0.0668. The predicted octanol–water partition coefficient (Wildman–Crippen LogP) is 0.315. The molecule has 2 heterocycles. The quantitative estimate of drug-likeness (QED) is 0.865. The summed E-state index contributed by atoms with van der Waals surface area (Å²) >= 11 is 0. The molecule has 7 nitrogen and oxygen atoms in total. The van der Waals surface area contributed by atoms with Crippen molar-refractivity contribution in [2.45, 2.75) is 13.3 Å². The van der Waals surface area contributed by atoms with E-state index < -0.39 is 5.92 Å². The number of benzene rings is 1. The van der Waals surface area contributed by atoms with E-state index in [1.165, 1.54) is 4.90 Å². The van der Waals surface area contributed by atoms with Crippen molar-refractivity contribution in [2.24, 2.45) is 5.92 Å². The molecule has 1 unspecified atom stereocenters. The summed E-state index contributed by atoms with van der Waals surface area (Å²) < 4.78 is 5.35. The third kappa shape index (κ3) is 3.06.